The minimum atomic E-state index is -0.143. The number of ether oxygens (including phenoxy) is 1. The van der Waals surface area contributed by atoms with Crippen LogP contribution in [0.25, 0.3) is 0 Å². The second kappa shape index (κ2) is 7.46. The number of anilines is 1. The van der Waals surface area contributed by atoms with Crippen molar-refractivity contribution < 1.29 is 9.13 Å². The summed E-state index contributed by atoms with van der Waals surface area (Å²) in [6.07, 6.45) is 2.15. The van der Waals surface area contributed by atoms with Gasteiger partial charge in [0.15, 0.2) is 0 Å². The van der Waals surface area contributed by atoms with Gasteiger partial charge in [0.1, 0.15) is 5.82 Å². The molecule has 1 saturated heterocycles. The van der Waals surface area contributed by atoms with E-state index >= 15 is 0 Å². The van der Waals surface area contributed by atoms with Gasteiger partial charge in [-0.15, -0.1) is 0 Å². The molecule has 1 heterocycles. The largest absolute Gasteiger partial charge is 0.381 e. The molecule has 1 aliphatic heterocycles. The van der Waals surface area contributed by atoms with Crippen LogP contribution in [0.4, 0.5) is 10.1 Å². The van der Waals surface area contributed by atoms with Crippen molar-refractivity contribution in [1.82, 2.24) is 5.32 Å². The smallest absolute Gasteiger partial charge is 0.146 e. The minimum absolute atomic E-state index is 0.143. The third-order valence-corrected chi connectivity index (χ3v) is 3.61. The lowest BCUT2D eigenvalue weighted by molar-refractivity contribution is 0.0783. The maximum Gasteiger partial charge on any atom is 0.146 e. The summed E-state index contributed by atoms with van der Waals surface area (Å²) in [6, 6.07) is 7.52. The molecule has 0 atom stereocenters. The second-order valence-electron chi connectivity index (χ2n) is 4.87. The molecule has 19 heavy (non-hydrogen) atoms. The molecule has 0 saturated carbocycles. The van der Waals surface area contributed by atoms with Gasteiger partial charge in [-0.25, -0.2) is 4.39 Å². The molecule has 0 bridgehead atoms. The molecule has 1 N–H and O–H groups in total. The predicted octanol–water partition coefficient (Wildman–Crippen LogP) is 2.42. The van der Waals surface area contributed by atoms with Gasteiger partial charge in [0.2, 0.25) is 0 Å². The quantitative estimate of drug-likeness (QED) is 0.856. The zero-order valence-corrected chi connectivity index (χ0v) is 11.6. The van der Waals surface area contributed by atoms with Crippen LogP contribution in [-0.2, 0) is 4.74 Å². The highest BCUT2D eigenvalue weighted by molar-refractivity contribution is 5.47. The molecule has 0 unspecified atom stereocenters. The van der Waals surface area contributed by atoms with E-state index in [2.05, 4.69) is 17.1 Å². The van der Waals surface area contributed by atoms with E-state index in [0.717, 1.165) is 45.7 Å². The van der Waals surface area contributed by atoms with Crippen LogP contribution in [0.3, 0.4) is 0 Å². The molecule has 4 heteroatoms. The van der Waals surface area contributed by atoms with E-state index in [4.69, 9.17) is 4.74 Å². The zero-order valence-electron chi connectivity index (χ0n) is 11.6. The Balaban J connectivity index is 1.81. The van der Waals surface area contributed by atoms with Crippen LogP contribution in [0.1, 0.15) is 19.8 Å². The predicted molar refractivity (Wildman–Crippen MR) is 76.1 cm³/mol. The van der Waals surface area contributed by atoms with Gasteiger partial charge in [-0.05, 0) is 31.9 Å². The first-order valence-corrected chi connectivity index (χ1v) is 7.12. The summed E-state index contributed by atoms with van der Waals surface area (Å²) < 4.78 is 19.1. The van der Waals surface area contributed by atoms with Crippen molar-refractivity contribution in [2.45, 2.75) is 25.8 Å². The van der Waals surface area contributed by atoms with Gasteiger partial charge >= 0.3 is 0 Å². The number of nitrogens with zero attached hydrogens (tertiary/aromatic N) is 1. The van der Waals surface area contributed by atoms with E-state index in [9.17, 15) is 4.39 Å². The zero-order chi connectivity index (χ0) is 13.5. The van der Waals surface area contributed by atoms with Crippen molar-refractivity contribution in [3.63, 3.8) is 0 Å². The summed E-state index contributed by atoms with van der Waals surface area (Å²) >= 11 is 0. The van der Waals surface area contributed by atoms with Gasteiger partial charge in [-0.2, -0.15) is 0 Å². The third-order valence-electron chi connectivity index (χ3n) is 3.61. The van der Waals surface area contributed by atoms with Gasteiger partial charge in [0.25, 0.3) is 0 Å². The first kappa shape index (κ1) is 14.3. The van der Waals surface area contributed by atoms with E-state index in [-0.39, 0.29) is 5.82 Å². The van der Waals surface area contributed by atoms with Crippen LogP contribution in [0, 0.1) is 5.82 Å². The van der Waals surface area contributed by atoms with Crippen LogP contribution in [0.2, 0.25) is 0 Å². The van der Waals surface area contributed by atoms with Crippen LogP contribution in [-0.4, -0.2) is 38.9 Å². The van der Waals surface area contributed by atoms with Crippen LogP contribution in [0.15, 0.2) is 24.3 Å². The molecule has 0 spiro atoms. The first-order valence-electron chi connectivity index (χ1n) is 7.12. The Bertz CT molecular complexity index is 380. The molecule has 106 valence electrons. The molecular formula is C15H23FN2O. The van der Waals surface area contributed by atoms with Gasteiger partial charge < -0.3 is 15.0 Å². The summed E-state index contributed by atoms with van der Waals surface area (Å²) in [5.74, 6) is -0.143. The summed E-state index contributed by atoms with van der Waals surface area (Å²) in [7, 11) is 0. The highest BCUT2D eigenvalue weighted by Crippen LogP contribution is 2.17. The fourth-order valence-electron chi connectivity index (χ4n) is 2.46. The molecule has 1 aromatic rings. The minimum Gasteiger partial charge on any atom is -0.381 e. The Morgan fingerprint density at radius 2 is 2.05 bits per heavy atom. The fourth-order valence-corrected chi connectivity index (χ4v) is 2.46. The van der Waals surface area contributed by atoms with E-state index in [0.29, 0.717) is 11.7 Å². The molecular weight excluding hydrogens is 243 g/mol. The molecule has 3 nitrogen and oxygen atoms in total. The van der Waals surface area contributed by atoms with E-state index < -0.39 is 0 Å². The highest BCUT2D eigenvalue weighted by Gasteiger charge is 2.14. The highest BCUT2D eigenvalue weighted by atomic mass is 19.1. The second-order valence-corrected chi connectivity index (χ2v) is 4.87. The van der Waals surface area contributed by atoms with Crippen molar-refractivity contribution in [3.8, 4) is 0 Å². The van der Waals surface area contributed by atoms with Gasteiger partial charge in [-0.3, -0.25) is 0 Å². The van der Waals surface area contributed by atoms with Crippen molar-refractivity contribution >= 4 is 5.69 Å². The number of rotatable bonds is 6. The first-order chi connectivity index (χ1) is 9.31. The van der Waals surface area contributed by atoms with Crippen molar-refractivity contribution in [1.29, 1.82) is 0 Å². The Hall–Kier alpha value is -1.13. The maximum atomic E-state index is 13.7. The average molecular weight is 266 g/mol. The van der Waals surface area contributed by atoms with Crippen molar-refractivity contribution in [2.24, 2.45) is 0 Å². The lowest BCUT2D eigenvalue weighted by Gasteiger charge is -2.27. The van der Waals surface area contributed by atoms with Crippen LogP contribution < -0.4 is 10.2 Å². The summed E-state index contributed by atoms with van der Waals surface area (Å²) in [4.78, 5) is 2.07. The molecule has 1 aromatic carbocycles. The number of halogens is 1. The average Bonchev–Trinajstić information content (AvgIpc) is 2.46. The van der Waals surface area contributed by atoms with Crippen LogP contribution in [0.5, 0.6) is 0 Å². The number of likely N-dealkylation sites (N-methyl/N-ethyl adjacent to an activating group) is 1. The van der Waals surface area contributed by atoms with Crippen molar-refractivity contribution in [2.75, 3.05) is 37.7 Å². The maximum absolute atomic E-state index is 13.7. The lowest BCUT2D eigenvalue weighted by atomic mass is 10.1. The van der Waals surface area contributed by atoms with Crippen LogP contribution >= 0.6 is 0 Å². The molecule has 2 rings (SSSR count). The van der Waals surface area contributed by atoms with Crippen molar-refractivity contribution in [3.05, 3.63) is 30.1 Å². The third kappa shape index (κ3) is 4.18. The molecule has 1 fully saturated rings. The Labute approximate surface area is 114 Å². The van der Waals surface area contributed by atoms with Gasteiger partial charge in [0, 0.05) is 38.9 Å². The van der Waals surface area contributed by atoms with E-state index in [1.807, 2.05) is 12.1 Å². The Morgan fingerprint density at radius 3 is 2.74 bits per heavy atom. The standard InChI is InChI=1S/C15H23FN2O/c1-2-18(15-6-4-3-5-14(15)16)10-9-17-13-7-11-19-12-8-13/h3-6,13,17H,2,7-12H2,1H3. The summed E-state index contributed by atoms with van der Waals surface area (Å²) in [5.41, 5.74) is 0.693. The molecule has 0 aliphatic carbocycles. The summed E-state index contributed by atoms with van der Waals surface area (Å²) in [5, 5.41) is 3.53. The Kier molecular flexibility index (Phi) is 5.61. The van der Waals surface area contributed by atoms with Gasteiger partial charge in [-0.1, -0.05) is 12.1 Å². The molecule has 0 amide bonds. The number of nitrogens with one attached hydrogen (secondary N) is 1. The molecule has 0 aromatic heterocycles. The van der Waals surface area contributed by atoms with E-state index in [1.165, 1.54) is 6.07 Å². The molecule has 1 aliphatic rings. The Morgan fingerprint density at radius 1 is 1.32 bits per heavy atom. The lowest BCUT2D eigenvalue weighted by Crippen LogP contribution is -2.40. The van der Waals surface area contributed by atoms with E-state index in [1.54, 1.807) is 6.07 Å². The number of benzene rings is 1. The normalized spacial score (nSPS) is 16.5. The van der Waals surface area contributed by atoms with Gasteiger partial charge in [0.05, 0.1) is 5.69 Å². The topological polar surface area (TPSA) is 24.5 Å². The number of hydrogen-bond donors (Lipinski definition) is 1. The summed E-state index contributed by atoms with van der Waals surface area (Å²) in [6.45, 7) is 6.28. The number of hydrogen-bond acceptors (Lipinski definition) is 3. The monoisotopic (exact) mass is 266 g/mol. The SMILES string of the molecule is CCN(CCNC1CCOCC1)c1ccccc1F. The fraction of sp³-hybridized carbons (Fsp3) is 0.600. The number of para-hydroxylation sites is 1. The molecule has 0 radical (unpaired) electrons.